The van der Waals surface area contributed by atoms with Gasteiger partial charge in [-0.2, -0.15) is 0 Å². The highest BCUT2D eigenvalue weighted by atomic mass is 35.5. The van der Waals surface area contributed by atoms with E-state index in [0.717, 1.165) is 11.1 Å². The van der Waals surface area contributed by atoms with E-state index in [1.807, 2.05) is 13.0 Å². The number of nitrogens with one attached hydrogen (secondary N) is 2. The first-order valence-corrected chi connectivity index (χ1v) is 21.6. The Morgan fingerprint density at radius 1 is 1.11 bits per heavy atom. The number of likely N-dealkylation sites (N-methyl/N-ethyl adjacent to an activating group) is 1. The van der Waals surface area contributed by atoms with Crippen LogP contribution in [0.1, 0.15) is 99.0 Å². The van der Waals surface area contributed by atoms with E-state index < -0.39 is 70.9 Å². The predicted molar refractivity (Wildman–Crippen MR) is 231 cm³/mol. The van der Waals surface area contributed by atoms with E-state index in [2.05, 4.69) is 10.6 Å². The molecule has 1 aromatic carbocycles. The molecule has 4 amide bonds. The molecule has 0 spiro atoms. The largest absolute Gasteiger partial charge is 0.495 e. The molecule has 4 heterocycles. The number of benzene rings is 1. The summed E-state index contributed by atoms with van der Waals surface area (Å²) in [6.07, 6.45) is 3.51. The lowest BCUT2D eigenvalue weighted by Crippen LogP contribution is -2.72. The minimum atomic E-state index is -1.87. The van der Waals surface area contributed by atoms with Crippen LogP contribution in [0, 0.1) is 11.8 Å². The van der Waals surface area contributed by atoms with E-state index in [1.54, 1.807) is 79.9 Å². The third-order valence-corrected chi connectivity index (χ3v) is 12.9. The number of fused-ring (bicyclic) bond motifs is 6. The molecule has 1 saturated carbocycles. The van der Waals surface area contributed by atoms with Crippen LogP contribution in [0.25, 0.3) is 0 Å². The van der Waals surface area contributed by atoms with Crippen LogP contribution in [-0.4, -0.2) is 122 Å². The second kappa shape index (κ2) is 19.2. The van der Waals surface area contributed by atoms with Gasteiger partial charge in [0.05, 0.1) is 19.2 Å². The number of carbonyl (C=O) groups is 5. The van der Waals surface area contributed by atoms with Crippen LogP contribution in [0.3, 0.4) is 0 Å². The van der Waals surface area contributed by atoms with Gasteiger partial charge >= 0.3 is 18.2 Å². The highest BCUT2D eigenvalue weighted by Gasteiger charge is 2.63. The Kier molecular flexibility index (Phi) is 15.0. The Bertz CT molecular complexity index is 1920. The summed E-state index contributed by atoms with van der Waals surface area (Å²) in [5, 5.41) is 17.4. The minimum Gasteiger partial charge on any atom is -0.495 e. The van der Waals surface area contributed by atoms with Crippen LogP contribution >= 0.6 is 11.6 Å². The zero-order chi connectivity index (χ0) is 45.9. The number of esters is 1. The molecular formula is C45H65ClN4O12. The first kappa shape index (κ1) is 48.6. The minimum absolute atomic E-state index is 0.112. The molecule has 6 bridgehead atoms. The number of aliphatic hydroxyl groups is 1. The van der Waals surface area contributed by atoms with Gasteiger partial charge in [0.15, 0.2) is 5.72 Å². The van der Waals surface area contributed by atoms with E-state index in [4.69, 9.17) is 40.0 Å². The van der Waals surface area contributed by atoms with Crippen molar-refractivity contribution in [3.63, 3.8) is 0 Å². The summed E-state index contributed by atoms with van der Waals surface area (Å²) in [7, 11) is 6.04. The number of amides is 4. The summed E-state index contributed by atoms with van der Waals surface area (Å²) < 4.78 is 35.1. The normalized spacial score (nSPS) is 32.4. The van der Waals surface area contributed by atoms with Crippen molar-refractivity contribution in [2.75, 3.05) is 39.8 Å². The van der Waals surface area contributed by atoms with Crippen molar-refractivity contribution in [1.29, 1.82) is 0 Å². The average molecular weight is 889 g/mol. The zero-order valence-electron chi connectivity index (χ0n) is 37.9. The molecule has 1 aliphatic carbocycles. The number of carbonyl (C=O) groups excluding carboxylic acids is 5. The van der Waals surface area contributed by atoms with Crippen LogP contribution < -0.4 is 20.3 Å². The Morgan fingerprint density at radius 3 is 2.39 bits per heavy atom. The fourth-order valence-electron chi connectivity index (χ4n) is 8.93. The molecule has 6 rings (SSSR count). The summed E-state index contributed by atoms with van der Waals surface area (Å²) in [6.45, 7) is 12.8. The molecular weight excluding hydrogens is 824 g/mol. The summed E-state index contributed by atoms with van der Waals surface area (Å²) in [5.41, 5.74) is -2.84. The second-order valence-corrected chi connectivity index (χ2v) is 19.1. The first-order chi connectivity index (χ1) is 28.9. The van der Waals surface area contributed by atoms with E-state index in [9.17, 15) is 29.1 Å². The maximum absolute atomic E-state index is 14.3. The van der Waals surface area contributed by atoms with Gasteiger partial charge in [0.1, 0.15) is 51.9 Å². The number of ether oxygens (including phenoxy) is 6. The van der Waals surface area contributed by atoms with E-state index in [0.29, 0.717) is 50.1 Å². The molecule has 2 saturated heterocycles. The smallest absolute Gasteiger partial charge is 0.409 e. The van der Waals surface area contributed by atoms with Crippen LogP contribution in [0.4, 0.5) is 15.3 Å². The molecule has 17 heteroatoms. The number of halogens is 1. The monoisotopic (exact) mass is 888 g/mol. The molecule has 5 aliphatic rings. The summed E-state index contributed by atoms with van der Waals surface area (Å²) in [6, 6.07) is 2.55. The third kappa shape index (κ3) is 11.2. The molecule has 0 radical (unpaired) electrons. The molecule has 3 fully saturated rings. The van der Waals surface area contributed by atoms with Crippen molar-refractivity contribution in [2.45, 2.75) is 147 Å². The second-order valence-electron chi connectivity index (χ2n) is 18.7. The lowest BCUT2D eigenvalue weighted by Gasteiger charge is -2.59. The molecule has 0 aromatic heterocycles. The molecule has 62 heavy (non-hydrogen) atoms. The maximum Gasteiger partial charge on any atom is 0.409 e. The predicted octanol–water partition coefficient (Wildman–Crippen LogP) is 5.99. The Hall–Kier alpha value is -4.38. The third-order valence-electron chi connectivity index (χ3n) is 12.5. The molecule has 4 aliphatic heterocycles. The standard InChI is InChI=1S/C45H65ClN4O12/c1-26-13-12-14-33(58-11)45(56)23-35(60-41(55)48-45)44(7)25-43(6,62-44)34(22-36(51)50(9)31-20-29(19-26)21-32(57-10)37(31)46)59-39(53)27(2)49(8)38(52)30-17-15-28(16-18-30)24-47-40(54)61-42(3,4)5/h12-14,20-21,27-28,30,33-35,56H,15-19,22-25H2,1-11H3,(H,47,54)(H,48,55)/b14-12+,26-13+/t27-,28?,30?,33+,34-,35-,43+,44?,45-/m0/s1. The van der Waals surface area contributed by atoms with Gasteiger partial charge in [0.25, 0.3) is 0 Å². The lowest BCUT2D eigenvalue weighted by molar-refractivity contribution is -0.328. The number of hydrogen-bond donors (Lipinski definition) is 3. The zero-order valence-corrected chi connectivity index (χ0v) is 38.7. The molecule has 1 aromatic rings. The van der Waals surface area contributed by atoms with E-state index >= 15 is 0 Å². The fourth-order valence-corrected chi connectivity index (χ4v) is 9.24. The summed E-state index contributed by atoms with van der Waals surface area (Å²) in [4.78, 5) is 70.1. The highest BCUT2D eigenvalue weighted by molar-refractivity contribution is 6.35. The molecule has 344 valence electrons. The number of anilines is 1. The Morgan fingerprint density at radius 2 is 1.77 bits per heavy atom. The average Bonchev–Trinajstić information content (AvgIpc) is 3.18. The van der Waals surface area contributed by atoms with Crippen molar-refractivity contribution >= 4 is 47.3 Å². The van der Waals surface area contributed by atoms with Crippen LogP contribution in [0.15, 0.2) is 35.9 Å². The van der Waals surface area contributed by atoms with Gasteiger partial charge in [-0.3, -0.25) is 14.9 Å². The molecule has 16 nitrogen and oxygen atoms in total. The van der Waals surface area contributed by atoms with Crippen LogP contribution in [-0.2, 0) is 44.5 Å². The Balaban J connectivity index is 1.38. The molecule has 1 unspecified atom stereocenters. The SMILES string of the molecule is COc1cc2cc(c1Cl)N(C)C(=O)C[C@H](OC(=O)[C@H](C)N(C)C(=O)C1CCC(CNC(=O)OC(C)(C)C)CC1)[C@@]1(C)CC(C)(O1)[C@@H]1C[C@@](O)(NC(=O)O1)[C@H](OC)/C=C/C=C(\C)C2. The van der Waals surface area contributed by atoms with Crippen LogP contribution in [0.5, 0.6) is 5.75 Å². The lowest BCUT2D eigenvalue weighted by atomic mass is 9.72. The Labute approximate surface area is 369 Å². The number of alkyl carbamates (subject to hydrolysis) is 2. The number of hydrogen-bond acceptors (Lipinski definition) is 12. The molecule has 7 atom stereocenters. The van der Waals surface area contributed by atoms with Gasteiger partial charge in [-0.25, -0.2) is 14.4 Å². The number of rotatable bonds is 8. The van der Waals surface area contributed by atoms with Gasteiger partial charge in [-0.1, -0.05) is 35.4 Å². The van der Waals surface area contributed by atoms with Gasteiger partial charge < -0.3 is 48.6 Å². The van der Waals surface area contributed by atoms with Gasteiger partial charge in [-0.05, 0) is 104 Å². The quantitative estimate of drug-likeness (QED) is 0.205. The van der Waals surface area contributed by atoms with Crippen molar-refractivity contribution in [2.24, 2.45) is 11.8 Å². The maximum atomic E-state index is 14.3. The topological polar surface area (TPSA) is 191 Å². The van der Waals surface area contributed by atoms with Gasteiger partial charge in [0.2, 0.25) is 11.8 Å². The van der Waals surface area contributed by atoms with Crippen molar-refractivity contribution in [3.05, 3.63) is 46.5 Å². The van der Waals surface area contributed by atoms with Crippen molar-refractivity contribution in [3.8, 4) is 5.75 Å². The van der Waals surface area contributed by atoms with Crippen molar-refractivity contribution < 1.29 is 57.5 Å². The van der Waals surface area contributed by atoms with Crippen LogP contribution in [0.2, 0.25) is 5.02 Å². The van der Waals surface area contributed by atoms with Gasteiger partial charge in [-0.15, -0.1) is 0 Å². The number of methoxy groups -OCH3 is 2. The molecule has 3 N–H and O–H groups in total. The highest BCUT2D eigenvalue weighted by Crippen LogP contribution is 2.50. The fraction of sp³-hybridized carbons (Fsp3) is 0.667. The van der Waals surface area contributed by atoms with Gasteiger partial charge in [0, 0.05) is 46.5 Å². The first-order valence-electron chi connectivity index (χ1n) is 21.3. The van der Waals surface area contributed by atoms with E-state index in [-0.39, 0.29) is 42.0 Å². The number of nitrogens with zero attached hydrogens (tertiary/aromatic N) is 2. The van der Waals surface area contributed by atoms with E-state index in [1.165, 1.54) is 24.0 Å². The number of allylic oxidation sites excluding steroid dienone is 3. The van der Waals surface area contributed by atoms with Crippen molar-refractivity contribution in [1.82, 2.24) is 15.5 Å². The summed E-state index contributed by atoms with van der Waals surface area (Å²) >= 11 is 6.81. The summed E-state index contributed by atoms with van der Waals surface area (Å²) in [5.74, 6) is -1.18.